The third-order valence-electron chi connectivity index (χ3n) is 4.32. The lowest BCUT2D eigenvalue weighted by Gasteiger charge is -2.57. The molecule has 1 aromatic heterocycles. The molecule has 2 saturated heterocycles. The lowest BCUT2D eigenvalue weighted by molar-refractivity contribution is 0.121. The van der Waals surface area contributed by atoms with Crippen molar-refractivity contribution < 1.29 is 4.74 Å². The van der Waals surface area contributed by atoms with Crippen LogP contribution in [-0.4, -0.2) is 38.3 Å². The lowest BCUT2D eigenvalue weighted by atomic mass is 9.74. The van der Waals surface area contributed by atoms with Crippen molar-refractivity contribution in [3.05, 3.63) is 30.5 Å². The summed E-state index contributed by atoms with van der Waals surface area (Å²) in [7, 11) is 1.71. The van der Waals surface area contributed by atoms with Crippen LogP contribution in [0.3, 0.4) is 0 Å². The summed E-state index contributed by atoms with van der Waals surface area (Å²) in [5.41, 5.74) is 2.81. The summed E-state index contributed by atoms with van der Waals surface area (Å²) in [6.45, 7) is 4.66. The molecule has 0 radical (unpaired) electrons. The van der Waals surface area contributed by atoms with E-state index in [-0.39, 0.29) is 0 Å². The number of rotatable bonds is 2. The average Bonchev–Trinajstić information content (AvgIpc) is 2.34. The Balaban J connectivity index is 1.68. The molecule has 19 heavy (non-hydrogen) atoms. The minimum absolute atomic E-state index is 0.550. The fourth-order valence-electron chi connectivity index (χ4n) is 3.13. The largest absolute Gasteiger partial charge is 0.496 e. The molecular weight excluding hydrogens is 238 g/mol. The number of fused-ring (bicyclic) bond motifs is 1. The second-order valence-electron chi connectivity index (χ2n) is 5.67. The predicted octanol–water partition coefficient (Wildman–Crippen LogP) is 1.65. The van der Waals surface area contributed by atoms with Crippen LogP contribution < -0.4 is 15.0 Å². The van der Waals surface area contributed by atoms with Crippen LogP contribution in [0.4, 0.5) is 5.69 Å². The van der Waals surface area contributed by atoms with E-state index in [1.165, 1.54) is 18.8 Å². The zero-order chi connectivity index (χ0) is 12.9. The molecule has 4 rings (SSSR count). The minimum atomic E-state index is 0.550. The first-order valence-electron chi connectivity index (χ1n) is 6.68. The Kier molecular flexibility index (Phi) is 2.23. The maximum atomic E-state index is 5.42. The van der Waals surface area contributed by atoms with Gasteiger partial charge in [-0.1, -0.05) is 0 Å². The van der Waals surface area contributed by atoms with E-state index < -0.39 is 0 Å². The smallest absolute Gasteiger partial charge is 0.129 e. The second-order valence-corrected chi connectivity index (χ2v) is 5.67. The predicted molar refractivity (Wildman–Crippen MR) is 75.8 cm³/mol. The Morgan fingerprint density at radius 1 is 1.26 bits per heavy atom. The Bertz CT molecular complexity index is 628. The number of hydrogen-bond acceptors (Lipinski definition) is 4. The lowest BCUT2D eigenvalue weighted by Crippen LogP contribution is -2.71. The monoisotopic (exact) mass is 255 g/mol. The van der Waals surface area contributed by atoms with Crippen molar-refractivity contribution in [2.24, 2.45) is 5.41 Å². The molecule has 0 aliphatic carbocycles. The standard InChI is InChI=1S/C15H17N3O/c1-19-14-4-5-17-13-3-2-11(6-12(13)14)18-9-15(10-18)7-16-8-15/h2-6,16H,7-10H2,1H3. The Morgan fingerprint density at radius 3 is 2.79 bits per heavy atom. The van der Waals surface area contributed by atoms with Gasteiger partial charge in [-0.05, 0) is 24.3 Å². The molecule has 2 aromatic rings. The van der Waals surface area contributed by atoms with Gasteiger partial charge in [0.25, 0.3) is 0 Å². The Labute approximate surface area is 112 Å². The topological polar surface area (TPSA) is 37.4 Å². The van der Waals surface area contributed by atoms with E-state index in [0.29, 0.717) is 5.41 Å². The number of ether oxygens (including phenoxy) is 1. The van der Waals surface area contributed by atoms with Crippen LogP contribution in [0.2, 0.25) is 0 Å². The van der Waals surface area contributed by atoms with Crippen molar-refractivity contribution in [1.82, 2.24) is 10.3 Å². The Hall–Kier alpha value is -1.81. The number of hydrogen-bond donors (Lipinski definition) is 1. The normalized spacial score (nSPS) is 20.2. The molecule has 1 spiro atoms. The van der Waals surface area contributed by atoms with Crippen LogP contribution in [0, 0.1) is 5.41 Å². The van der Waals surface area contributed by atoms with Gasteiger partial charge in [0, 0.05) is 48.9 Å². The van der Waals surface area contributed by atoms with Gasteiger partial charge in [0.2, 0.25) is 0 Å². The fraction of sp³-hybridized carbons (Fsp3) is 0.400. The van der Waals surface area contributed by atoms with Gasteiger partial charge in [-0.2, -0.15) is 0 Å². The molecule has 4 nitrogen and oxygen atoms in total. The van der Waals surface area contributed by atoms with Gasteiger partial charge in [-0.25, -0.2) is 0 Å². The van der Waals surface area contributed by atoms with Crippen LogP contribution >= 0.6 is 0 Å². The van der Waals surface area contributed by atoms with E-state index in [1.54, 1.807) is 13.3 Å². The average molecular weight is 255 g/mol. The van der Waals surface area contributed by atoms with Crippen LogP contribution in [0.15, 0.2) is 30.5 Å². The van der Waals surface area contributed by atoms with Crippen LogP contribution in [0.1, 0.15) is 0 Å². The van der Waals surface area contributed by atoms with Crippen molar-refractivity contribution >= 4 is 16.6 Å². The molecule has 4 heteroatoms. The highest BCUT2D eigenvalue weighted by Crippen LogP contribution is 2.38. The summed E-state index contributed by atoms with van der Waals surface area (Å²) in [5, 5.41) is 4.46. The summed E-state index contributed by atoms with van der Waals surface area (Å²) in [6, 6.07) is 8.35. The Morgan fingerprint density at radius 2 is 2.11 bits per heavy atom. The van der Waals surface area contributed by atoms with E-state index in [1.807, 2.05) is 6.07 Å². The summed E-state index contributed by atoms with van der Waals surface area (Å²) >= 11 is 0. The van der Waals surface area contributed by atoms with Crippen molar-refractivity contribution in [3.63, 3.8) is 0 Å². The van der Waals surface area contributed by atoms with Gasteiger partial charge in [0.1, 0.15) is 5.75 Å². The van der Waals surface area contributed by atoms with Crippen molar-refractivity contribution in [1.29, 1.82) is 0 Å². The van der Waals surface area contributed by atoms with Gasteiger partial charge < -0.3 is 15.0 Å². The van der Waals surface area contributed by atoms with Crippen LogP contribution in [0.25, 0.3) is 10.9 Å². The number of benzene rings is 1. The van der Waals surface area contributed by atoms with Crippen molar-refractivity contribution in [2.45, 2.75) is 0 Å². The molecular formula is C15H17N3O. The van der Waals surface area contributed by atoms with Gasteiger partial charge >= 0.3 is 0 Å². The first-order chi connectivity index (χ1) is 9.30. The number of nitrogens with one attached hydrogen (secondary N) is 1. The van der Waals surface area contributed by atoms with E-state index >= 15 is 0 Å². The molecule has 1 aromatic carbocycles. The van der Waals surface area contributed by atoms with E-state index in [4.69, 9.17) is 4.74 Å². The van der Waals surface area contributed by atoms with E-state index in [2.05, 4.69) is 33.4 Å². The molecule has 2 fully saturated rings. The van der Waals surface area contributed by atoms with Crippen LogP contribution in [-0.2, 0) is 0 Å². The van der Waals surface area contributed by atoms with Gasteiger partial charge in [0.15, 0.2) is 0 Å². The first kappa shape index (κ1) is 11.1. The maximum Gasteiger partial charge on any atom is 0.129 e. The van der Waals surface area contributed by atoms with Gasteiger partial charge in [0.05, 0.1) is 12.6 Å². The SMILES string of the molecule is COc1ccnc2ccc(N3CC4(CNC4)C3)cc12. The van der Waals surface area contributed by atoms with E-state index in [0.717, 1.165) is 29.7 Å². The number of pyridine rings is 1. The molecule has 3 heterocycles. The second kappa shape index (κ2) is 3.84. The molecule has 1 N–H and O–H groups in total. The summed E-state index contributed by atoms with van der Waals surface area (Å²) in [4.78, 5) is 6.82. The zero-order valence-corrected chi connectivity index (χ0v) is 11.0. The van der Waals surface area contributed by atoms with Gasteiger partial charge in [-0.3, -0.25) is 4.98 Å². The zero-order valence-electron chi connectivity index (χ0n) is 11.0. The number of anilines is 1. The molecule has 0 amide bonds. The fourth-order valence-corrected chi connectivity index (χ4v) is 3.13. The highest BCUT2D eigenvalue weighted by atomic mass is 16.5. The van der Waals surface area contributed by atoms with Crippen molar-refractivity contribution in [2.75, 3.05) is 38.2 Å². The summed E-state index contributed by atoms with van der Waals surface area (Å²) < 4.78 is 5.42. The molecule has 0 unspecified atom stereocenters. The molecule has 0 atom stereocenters. The highest BCUT2D eigenvalue weighted by Gasteiger charge is 2.47. The summed E-state index contributed by atoms with van der Waals surface area (Å²) in [6.07, 6.45) is 1.79. The molecule has 2 aliphatic heterocycles. The molecule has 0 bridgehead atoms. The maximum absolute atomic E-state index is 5.42. The molecule has 2 aliphatic rings. The quantitative estimate of drug-likeness (QED) is 0.885. The molecule has 98 valence electrons. The number of nitrogens with zero attached hydrogens (tertiary/aromatic N) is 2. The van der Waals surface area contributed by atoms with Crippen molar-refractivity contribution in [3.8, 4) is 5.75 Å². The van der Waals surface area contributed by atoms with E-state index in [9.17, 15) is 0 Å². The molecule has 0 saturated carbocycles. The number of methoxy groups -OCH3 is 1. The van der Waals surface area contributed by atoms with Gasteiger partial charge in [-0.15, -0.1) is 0 Å². The van der Waals surface area contributed by atoms with Crippen LogP contribution in [0.5, 0.6) is 5.75 Å². The number of aromatic nitrogens is 1. The minimum Gasteiger partial charge on any atom is -0.496 e. The highest BCUT2D eigenvalue weighted by molar-refractivity contribution is 5.88. The third-order valence-corrected chi connectivity index (χ3v) is 4.32. The third kappa shape index (κ3) is 1.60. The summed E-state index contributed by atoms with van der Waals surface area (Å²) in [5.74, 6) is 0.896. The first-order valence-corrected chi connectivity index (χ1v) is 6.68.